The molecule has 2 bridgehead atoms. The highest BCUT2D eigenvalue weighted by Crippen LogP contribution is 2.71. The van der Waals surface area contributed by atoms with E-state index in [9.17, 15) is 19.5 Å². The standard InChI is InChI=1S/C23H38N2O5S/c1-8-30-20(29)16-15-19(28)25(14(12-26)11-13(2)3)17(18(27)24-21(4,5)6)23(15)10-9-22(16,7)31-23/h13-17,26H,8-12H2,1-7H3,(H,24,27)/t14-,15+,16-,17?,22+,23?/m1/s1. The molecule has 7 nitrogen and oxygen atoms in total. The minimum Gasteiger partial charge on any atom is -0.466 e. The van der Waals surface area contributed by atoms with Crippen LogP contribution in [0.15, 0.2) is 0 Å². The van der Waals surface area contributed by atoms with Crippen LogP contribution in [-0.4, -0.2) is 68.1 Å². The summed E-state index contributed by atoms with van der Waals surface area (Å²) in [6, 6.07) is -1.18. The van der Waals surface area contributed by atoms with Crippen LogP contribution < -0.4 is 5.32 Å². The zero-order chi connectivity index (χ0) is 23.4. The molecule has 3 rings (SSSR count). The fraction of sp³-hybridized carbons (Fsp3) is 0.870. The molecule has 3 heterocycles. The summed E-state index contributed by atoms with van der Waals surface area (Å²) in [7, 11) is 0. The molecule has 3 aliphatic rings. The van der Waals surface area contributed by atoms with E-state index in [2.05, 4.69) is 5.32 Å². The second-order valence-corrected chi connectivity index (χ2v) is 12.8. The van der Waals surface area contributed by atoms with Gasteiger partial charge in [0.05, 0.1) is 35.8 Å². The van der Waals surface area contributed by atoms with E-state index in [0.717, 1.165) is 6.42 Å². The molecule has 3 aliphatic heterocycles. The molecule has 0 aromatic heterocycles. The molecular formula is C23H38N2O5S. The van der Waals surface area contributed by atoms with Crippen LogP contribution in [0.25, 0.3) is 0 Å². The molecule has 176 valence electrons. The number of carbonyl (C=O) groups is 3. The van der Waals surface area contributed by atoms with E-state index in [1.165, 1.54) is 0 Å². The van der Waals surface area contributed by atoms with E-state index in [4.69, 9.17) is 4.74 Å². The maximum Gasteiger partial charge on any atom is 0.311 e. The Kier molecular flexibility index (Phi) is 6.48. The van der Waals surface area contributed by atoms with Gasteiger partial charge in [-0.05, 0) is 59.8 Å². The first kappa shape index (κ1) is 24.4. The summed E-state index contributed by atoms with van der Waals surface area (Å²) in [6.07, 6.45) is 2.04. The molecule has 8 heteroatoms. The molecule has 0 aromatic rings. The number of nitrogens with one attached hydrogen (secondary N) is 1. The van der Waals surface area contributed by atoms with Gasteiger partial charge in [0.15, 0.2) is 0 Å². The number of likely N-dealkylation sites (tertiary alicyclic amines) is 1. The zero-order valence-corrected chi connectivity index (χ0v) is 20.7. The highest BCUT2D eigenvalue weighted by atomic mass is 32.2. The number of ether oxygens (including phenoxy) is 1. The van der Waals surface area contributed by atoms with Crippen molar-refractivity contribution in [3.05, 3.63) is 0 Å². The second kappa shape index (κ2) is 8.25. The van der Waals surface area contributed by atoms with Crippen LogP contribution in [-0.2, 0) is 19.1 Å². The first-order valence-corrected chi connectivity index (χ1v) is 12.2. The third-order valence-electron chi connectivity index (χ3n) is 6.85. The summed E-state index contributed by atoms with van der Waals surface area (Å²) in [5, 5.41) is 13.3. The van der Waals surface area contributed by atoms with Gasteiger partial charge >= 0.3 is 5.97 Å². The van der Waals surface area contributed by atoms with Gasteiger partial charge in [0.2, 0.25) is 11.8 Å². The third kappa shape index (κ3) is 3.99. The van der Waals surface area contributed by atoms with Gasteiger partial charge in [-0.25, -0.2) is 0 Å². The first-order valence-electron chi connectivity index (χ1n) is 11.4. The molecule has 0 saturated carbocycles. The van der Waals surface area contributed by atoms with Crippen molar-refractivity contribution in [3.8, 4) is 0 Å². The maximum absolute atomic E-state index is 13.9. The van der Waals surface area contributed by atoms with Crippen LogP contribution in [0.5, 0.6) is 0 Å². The molecule has 6 atom stereocenters. The number of carbonyl (C=O) groups excluding carboxylic acids is 3. The Morgan fingerprint density at radius 3 is 2.48 bits per heavy atom. The minimum absolute atomic E-state index is 0.192. The molecule has 31 heavy (non-hydrogen) atoms. The molecule has 0 radical (unpaired) electrons. The topological polar surface area (TPSA) is 95.9 Å². The number of aliphatic hydroxyl groups is 1. The number of fused-ring (bicyclic) bond motifs is 1. The van der Waals surface area contributed by atoms with Gasteiger partial charge in [0.1, 0.15) is 6.04 Å². The predicted molar refractivity (Wildman–Crippen MR) is 120 cm³/mol. The average Bonchev–Trinajstić information content (AvgIpc) is 3.19. The molecule has 1 spiro atoms. The van der Waals surface area contributed by atoms with E-state index in [1.807, 2.05) is 41.5 Å². The number of nitrogens with zero attached hydrogens (tertiary/aromatic N) is 1. The smallest absolute Gasteiger partial charge is 0.311 e. The summed E-state index contributed by atoms with van der Waals surface area (Å²) in [6.45, 7) is 13.7. The van der Waals surface area contributed by atoms with Crippen molar-refractivity contribution >= 4 is 29.5 Å². The number of hydrogen-bond donors (Lipinski definition) is 2. The fourth-order valence-corrected chi connectivity index (χ4v) is 8.24. The Bertz CT molecular complexity index is 751. The summed E-state index contributed by atoms with van der Waals surface area (Å²) in [5.74, 6) is -1.68. The predicted octanol–water partition coefficient (Wildman–Crippen LogP) is 2.35. The van der Waals surface area contributed by atoms with E-state index in [-0.39, 0.29) is 36.9 Å². The highest BCUT2D eigenvalue weighted by Gasteiger charge is 2.78. The Morgan fingerprint density at radius 2 is 1.97 bits per heavy atom. The summed E-state index contributed by atoms with van der Waals surface area (Å²) < 4.78 is 4.28. The van der Waals surface area contributed by atoms with Gasteiger partial charge in [-0.3, -0.25) is 14.4 Å². The maximum atomic E-state index is 13.9. The van der Waals surface area contributed by atoms with Gasteiger partial charge in [-0.1, -0.05) is 13.8 Å². The number of esters is 1. The second-order valence-electron chi connectivity index (χ2n) is 10.9. The van der Waals surface area contributed by atoms with E-state index in [1.54, 1.807) is 23.6 Å². The lowest BCUT2D eigenvalue weighted by atomic mass is 9.66. The molecule has 2 unspecified atom stereocenters. The Morgan fingerprint density at radius 1 is 1.32 bits per heavy atom. The SMILES string of the molecule is CCOC(=O)[C@H]1[C@H]2C(=O)N([C@@H](CO)CC(C)C)C(C(=O)NC(C)(C)C)C23CC[C@]1(C)S3. The van der Waals surface area contributed by atoms with Crippen molar-refractivity contribution in [1.82, 2.24) is 10.2 Å². The van der Waals surface area contributed by atoms with Crippen LogP contribution in [0, 0.1) is 17.8 Å². The quantitative estimate of drug-likeness (QED) is 0.574. The number of thioether (sulfide) groups is 1. The lowest BCUT2D eigenvalue weighted by Gasteiger charge is -2.39. The van der Waals surface area contributed by atoms with E-state index in [0.29, 0.717) is 12.8 Å². The minimum atomic E-state index is -0.716. The van der Waals surface area contributed by atoms with Crippen LogP contribution in [0.1, 0.15) is 67.7 Å². The van der Waals surface area contributed by atoms with Crippen LogP contribution >= 0.6 is 11.8 Å². The molecule has 3 fully saturated rings. The lowest BCUT2D eigenvalue weighted by molar-refractivity contribution is -0.155. The van der Waals surface area contributed by atoms with Crippen molar-refractivity contribution in [2.45, 2.75) is 94.8 Å². The number of aliphatic hydroxyl groups excluding tert-OH is 1. The van der Waals surface area contributed by atoms with E-state index < -0.39 is 39.0 Å². The van der Waals surface area contributed by atoms with Crippen molar-refractivity contribution in [3.63, 3.8) is 0 Å². The Balaban J connectivity index is 2.10. The Labute approximate surface area is 190 Å². The number of amides is 2. The normalized spacial score (nSPS) is 35.5. The first-order chi connectivity index (χ1) is 14.3. The summed E-state index contributed by atoms with van der Waals surface area (Å²) in [4.78, 5) is 42.2. The van der Waals surface area contributed by atoms with Gasteiger partial charge in [-0.2, -0.15) is 0 Å². The van der Waals surface area contributed by atoms with Crippen LogP contribution in [0.3, 0.4) is 0 Å². The highest BCUT2D eigenvalue weighted by molar-refractivity contribution is 8.02. The third-order valence-corrected chi connectivity index (χ3v) is 8.83. The molecule has 2 N–H and O–H groups in total. The largest absolute Gasteiger partial charge is 0.466 e. The zero-order valence-electron chi connectivity index (χ0n) is 19.9. The number of rotatable bonds is 7. The lowest BCUT2D eigenvalue weighted by Crippen LogP contribution is -2.59. The van der Waals surface area contributed by atoms with Crippen LogP contribution in [0.4, 0.5) is 0 Å². The monoisotopic (exact) mass is 454 g/mol. The van der Waals surface area contributed by atoms with Gasteiger partial charge in [0.25, 0.3) is 0 Å². The van der Waals surface area contributed by atoms with Gasteiger partial charge in [0, 0.05) is 10.3 Å². The summed E-state index contributed by atoms with van der Waals surface area (Å²) in [5.41, 5.74) is -0.459. The van der Waals surface area contributed by atoms with Crippen molar-refractivity contribution in [2.75, 3.05) is 13.2 Å². The van der Waals surface area contributed by atoms with Crippen LogP contribution in [0.2, 0.25) is 0 Å². The van der Waals surface area contributed by atoms with Crippen molar-refractivity contribution < 1.29 is 24.2 Å². The summed E-state index contributed by atoms with van der Waals surface area (Å²) >= 11 is 1.63. The molecule has 3 saturated heterocycles. The van der Waals surface area contributed by atoms with Crippen molar-refractivity contribution in [1.29, 1.82) is 0 Å². The van der Waals surface area contributed by atoms with Crippen molar-refractivity contribution in [2.24, 2.45) is 17.8 Å². The van der Waals surface area contributed by atoms with Gasteiger partial charge < -0.3 is 20.1 Å². The number of hydrogen-bond acceptors (Lipinski definition) is 6. The Hall–Kier alpha value is -1.28. The molecule has 2 amide bonds. The van der Waals surface area contributed by atoms with Gasteiger partial charge in [-0.15, -0.1) is 11.8 Å². The van der Waals surface area contributed by atoms with E-state index >= 15 is 0 Å². The molecular weight excluding hydrogens is 416 g/mol. The fourth-order valence-electron chi connectivity index (χ4n) is 5.90. The molecule has 0 aliphatic carbocycles. The average molecular weight is 455 g/mol. The molecule has 0 aromatic carbocycles.